The molecule has 5 heteroatoms. The van der Waals surface area contributed by atoms with Crippen LogP contribution in [0.2, 0.25) is 0 Å². The van der Waals surface area contributed by atoms with Crippen LogP contribution in [0, 0.1) is 0 Å². The summed E-state index contributed by atoms with van der Waals surface area (Å²) in [5.41, 5.74) is 7.80. The lowest BCUT2D eigenvalue weighted by Gasteiger charge is -2.14. The predicted molar refractivity (Wildman–Crippen MR) is 84.0 cm³/mol. The van der Waals surface area contributed by atoms with E-state index in [1.165, 1.54) is 0 Å². The van der Waals surface area contributed by atoms with Crippen molar-refractivity contribution in [1.29, 1.82) is 0 Å². The van der Waals surface area contributed by atoms with Gasteiger partial charge in [0.1, 0.15) is 5.82 Å². The van der Waals surface area contributed by atoms with Gasteiger partial charge in [-0.25, -0.2) is 4.98 Å². The molecule has 2 aromatic carbocycles. The SMILES string of the molecule is NC(=O)Cc1nc2ccccc2n1C[C@@H](O)c1ccccc1. The van der Waals surface area contributed by atoms with Crippen molar-refractivity contribution in [3.8, 4) is 0 Å². The zero-order valence-electron chi connectivity index (χ0n) is 12.0. The summed E-state index contributed by atoms with van der Waals surface area (Å²) >= 11 is 0. The van der Waals surface area contributed by atoms with Crippen LogP contribution in [0.4, 0.5) is 0 Å². The van der Waals surface area contributed by atoms with E-state index in [1.54, 1.807) is 0 Å². The molecule has 0 radical (unpaired) electrons. The lowest BCUT2D eigenvalue weighted by Crippen LogP contribution is -2.19. The van der Waals surface area contributed by atoms with E-state index in [9.17, 15) is 9.90 Å². The van der Waals surface area contributed by atoms with Crippen LogP contribution in [0.15, 0.2) is 54.6 Å². The quantitative estimate of drug-likeness (QED) is 0.753. The van der Waals surface area contributed by atoms with Gasteiger partial charge >= 0.3 is 0 Å². The number of nitrogens with two attached hydrogens (primary N) is 1. The molecule has 1 amide bonds. The number of amides is 1. The Bertz CT molecular complexity index is 796. The largest absolute Gasteiger partial charge is 0.387 e. The predicted octanol–water partition coefficient (Wildman–Crippen LogP) is 1.80. The highest BCUT2D eigenvalue weighted by Gasteiger charge is 2.16. The summed E-state index contributed by atoms with van der Waals surface area (Å²) in [6, 6.07) is 17.0. The van der Waals surface area contributed by atoms with Gasteiger partial charge in [0, 0.05) is 0 Å². The van der Waals surface area contributed by atoms with Crippen LogP contribution in [-0.4, -0.2) is 20.6 Å². The molecule has 5 nitrogen and oxygen atoms in total. The average Bonchev–Trinajstić information content (AvgIpc) is 2.85. The van der Waals surface area contributed by atoms with Crippen molar-refractivity contribution < 1.29 is 9.90 Å². The fourth-order valence-corrected chi connectivity index (χ4v) is 2.57. The van der Waals surface area contributed by atoms with E-state index in [0.29, 0.717) is 12.4 Å². The molecule has 0 aliphatic carbocycles. The van der Waals surface area contributed by atoms with Crippen molar-refractivity contribution in [2.75, 3.05) is 0 Å². The van der Waals surface area contributed by atoms with E-state index in [0.717, 1.165) is 16.6 Å². The molecule has 0 spiro atoms. The third-order valence-corrected chi connectivity index (χ3v) is 3.61. The Kier molecular flexibility index (Phi) is 3.89. The van der Waals surface area contributed by atoms with Crippen molar-refractivity contribution in [1.82, 2.24) is 9.55 Å². The standard InChI is InChI=1S/C17H17N3O2/c18-16(22)10-17-19-13-8-4-5-9-14(13)20(17)11-15(21)12-6-2-1-3-7-12/h1-9,15,21H,10-11H2,(H2,18,22)/t15-/m1/s1. The van der Waals surface area contributed by atoms with Gasteiger partial charge in [0.15, 0.2) is 0 Å². The number of benzene rings is 2. The lowest BCUT2D eigenvalue weighted by molar-refractivity contribution is -0.117. The minimum Gasteiger partial charge on any atom is -0.387 e. The van der Waals surface area contributed by atoms with E-state index in [-0.39, 0.29) is 6.42 Å². The Morgan fingerprint density at radius 2 is 1.82 bits per heavy atom. The number of para-hydroxylation sites is 2. The highest BCUT2D eigenvalue weighted by Crippen LogP contribution is 2.21. The average molecular weight is 295 g/mol. The Morgan fingerprint density at radius 3 is 2.55 bits per heavy atom. The zero-order valence-corrected chi connectivity index (χ0v) is 12.0. The second kappa shape index (κ2) is 5.99. The van der Waals surface area contributed by atoms with Gasteiger partial charge in [0.2, 0.25) is 5.91 Å². The van der Waals surface area contributed by atoms with Gasteiger partial charge in [-0.05, 0) is 17.7 Å². The summed E-state index contributed by atoms with van der Waals surface area (Å²) in [4.78, 5) is 15.7. The normalized spacial score (nSPS) is 12.4. The van der Waals surface area contributed by atoms with Crippen molar-refractivity contribution in [3.05, 3.63) is 66.0 Å². The van der Waals surface area contributed by atoms with Crippen LogP contribution in [0.25, 0.3) is 11.0 Å². The van der Waals surface area contributed by atoms with Gasteiger partial charge in [0.25, 0.3) is 0 Å². The van der Waals surface area contributed by atoms with E-state index < -0.39 is 12.0 Å². The summed E-state index contributed by atoms with van der Waals surface area (Å²) < 4.78 is 1.86. The Balaban J connectivity index is 1.99. The smallest absolute Gasteiger partial charge is 0.225 e. The van der Waals surface area contributed by atoms with Crippen LogP contribution in [-0.2, 0) is 17.8 Å². The number of primary amides is 1. The van der Waals surface area contributed by atoms with Crippen LogP contribution >= 0.6 is 0 Å². The molecule has 0 aliphatic rings. The minimum atomic E-state index is -0.676. The van der Waals surface area contributed by atoms with Crippen LogP contribution in [0.5, 0.6) is 0 Å². The molecule has 112 valence electrons. The molecular formula is C17H17N3O2. The number of aromatic nitrogens is 2. The summed E-state index contributed by atoms with van der Waals surface area (Å²) in [5.74, 6) is 0.134. The number of nitrogens with zero attached hydrogens (tertiary/aromatic N) is 2. The van der Waals surface area contributed by atoms with E-state index >= 15 is 0 Å². The number of fused-ring (bicyclic) bond motifs is 1. The molecule has 3 aromatic rings. The highest BCUT2D eigenvalue weighted by atomic mass is 16.3. The van der Waals surface area contributed by atoms with Crippen LogP contribution < -0.4 is 5.73 Å². The van der Waals surface area contributed by atoms with Gasteiger partial charge in [0.05, 0.1) is 30.1 Å². The lowest BCUT2D eigenvalue weighted by atomic mass is 10.1. The molecule has 1 atom stereocenters. The Morgan fingerprint density at radius 1 is 1.14 bits per heavy atom. The number of aliphatic hydroxyl groups excluding tert-OH is 1. The number of hydrogen-bond acceptors (Lipinski definition) is 3. The van der Waals surface area contributed by atoms with Crippen molar-refractivity contribution in [2.24, 2.45) is 5.73 Å². The molecular weight excluding hydrogens is 278 g/mol. The second-order valence-electron chi connectivity index (χ2n) is 5.20. The van der Waals surface area contributed by atoms with Gasteiger partial charge in [-0.3, -0.25) is 4.79 Å². The van der Waals surface area contributed by atoms with Gasteiger partial charge in [-0.2, -0.15) is 0 Å². The summed E-state index contributed by atoms with van der Waals surface area (Å²) in [7, 11) is 0. The number of rotatable bonds is 5. The first-order chi connectivity index (χ1) is 10.6. The Hall–Kier alpha value is -2.66. The number of hydrogen-bond donors (Lipinski definition) is 2. The van der Waals surface area contributed by atoms with Crippen molar-refractivity contribution in [2.45, 2.75) is 19.1 Å². The summed E-state index contributed by atoms with van der Waals surface area (Å²) in [5, 5.41) is 10.4. The Labute approximate surface area is 128 Å². The maximum absolute atomic E-state index is 11.3. The van der Waals surface area contributed by atoms with Gasteiger partial charge in [-0.15, -0.1) is 0 Å². The molecule has 22 heavy (non-hydrogen) atoms. The summed E-state index contributed by atoms with van der Waals surface area (Å²) in [6.45, 7) is 0.327. The topological polar surface area (TPSA) is 81.1 Å². The summed E-state index contributed by atoms with van der Waals surface area (Å²) in [6.07, 6.45) is -0.624. The fraction of sp³-hybridized carbons (Fsp3) is 0.176. The maximum atomic E-state index is 11.3. The van der Waals surface area contributed by atoms with Crippen molar-refractivity contribution in [3.63, 3.8) is 0 Å². The molecule has 3 N–H and O–H groups in total. The molecule has 0 bridgehead atoms. The molecule has 0 saturated heterocycles. The van der Waals surface area contributed by atoms with Gasteiger partial charge in [-0.1, -0.05) is 42.5 Å². The molecule has 3 rings (SSSR count). The highest BCUT2D eigenvalue weighted by molar-refractivity contribution is 5.80. The third kappa shape index (κ3) is 2.84. The van der Waals surface area contributed by atoms with Gasteiger partial charge < -0.3 is 15.4 Å². The van der Waals surface area contributed by atoms with E-state index in [1.807, 2.05) is 59.2 Å². The fourth-order valence-electron chi connectivity index (χ4n) is 2.57. The third-order valence-electron chi connectivity index (χ3n) is 3.61. The molecule has 0 aliphatic heterocycles. The van der Waals surface area contributed by atoms with Crippen molar-refractivity contribution >= 4 is 16.9 Å². The van der Waals surface area contributed by atoms with Crippen LogP contribution in [0.1, 0.15) is 17.5 Å². The zero-order chi connectivity index (χ0) is 15.5. The molecule has 0 unspecified atom stereocenters. The number of aliphatic hydroxyl groups is 1. The second-order valence-corrected chi connectivity index (χ2v) is 5.20. The minimum absolute atomic E-state index is 0.0518. The maximum Gasteiger partial charge on any atom is 0.225 e. The first kappa shape index (κ1) is 14.3. The molecule has 1 aromatic heterocycles. The number of imidazole rings is 1. The number of carbonyl (C=O) groups excluding carboxylic acids is 1. The molecule has 0 saturated carbocycles. The van der Waals surface area contributed by atoms with E-state index in [4.69, 9.17) is 5.73 Å². The first-order valence-electron chi connectivity index (χ1n) is 7.10. The number of carbonyl (C=O) groups is 1. The van der Waals surface area contributed by atoms with Crippen LogP contribution in [0.3, 0.4) is 0 Å². The molecule has 1 heterocycles. The monoisotopic (exact) mass is 295 g/mol. The van der Waals surface area contributed by atoms with E-state index in [2.05, 4.69) is 4.98 Å². The first-order valence-corrected chi connectivity index (χ1v) is 7.10. The molecule has 0 fully saturated rings.